The maximum Gasteiger partial charge on any atom is 0.302 e. The lowest BCUT2D eigenvalue weighted by atomic mass is 10.2. The summed E-state index contributed by atoms with van der Waals surface area (Å²) < 4.78 is 9.41. The molecule has 0 radical (unpaired) electrons. The van der Waals surface area contributed by atoms with Gasteiger partial charge in [0.1, 0.15) is 0 Å². The third-order valence-corrected chi connectivity index (χ3v) is 1.14. The molecule has 2 N–H and O–H groups in total. The zero-order chi connectivity index (χ0) is 16.7. The Hall–Kier alpha value is -2.12. The van der Waals surface area contributed by atoms with Gasteiger partial charge in [-0.1, -0.05) is 6.92 Å². The smallest absolute Gasteiger partial charge is 0.302 e. The molecule has 0 aromatic rings. The van der Waals surface area contributed by atoms with Crippen LogP contribution in [-0.2, 0) is 28.7 Å². The molecule has 20 heavy (non-hydrogen) atoms. The Morgan fingerprint density at radius 3 is 1.15 bits per heavy atom. The standard InChI is InChI=1S/C8H14O4.2C2H4O2/c1-6(4-11-7(2)9)5-12-8(3)10;2*1-2(3)4/h6H,4-5H2,1-3H3;2*1H3,(H,3,4). The number of hydrogen-bond acceptors (Lipinski definition) is 6. The molecule has 8 heteroatoms. The summed E-state index contributed by atoms with van der Waals surface area (Å²) in [6.45, 7) is 7.29. The molecule has 0 spiro atoms. The second kappa shape index (κ2) is 14.9. The highest BCUT2D eigenvalue weighted by molar-refractivity contribution is 5.66. The van der Waals surface area contributed by atoms with Gasteiger partial charge in [-0.2, -0.15) is 0 Å². The van der Waals surface area contributed by atoms with Gasteiger partial charge in [0.05, 0.1) is 13.2 Å². The molecule has 0 atom stereocenters. The molecule has 0 bridgehead atoms. The molecule has 0 amide bonds. The summed E-state index contributed by atoms with van der Waals surface area (Å²) in [5.41, 5.74) is 0. The number of carboxylic acids is 2. The quantitative estimate of drug-likeness (QED) is 0.733. The minimum absolute atomic E-state index is 0.0535. The van der Waals surface area contributed by atoms with Gasteiger partial charge < -0.3 is 19.7 Å². The zero-order valence-electron chi connectivity index (χ0n) is 12.3. The molecule has 0 aliphatic carbocycles. The Bertz CT molecular complexity index is 273. The molecular weight excluding hydrogens is 272 g/mol. The van der Waals surface area contributed by atoms with Crippen LogP contribution in [0, 0.1) is 5.92 Å². The van der Waals surface area contributed by atoms with Gasteiger partial charge in [0, 0.05) is 33.6 Å². The van der Waals surface area contributed by atoms with Crippen molar-refractivity contribution in [1.29, 1.82) is 0 Å². The molecule has 0 rings (SSSR count). The summed E-state index contributed by atoms with van der Waals surface area (Å²) >= 11 is 0. The van der Waals surface area contributed by atoms with E-state index in [-0.39, 0.29) is 17.9 Å². The maximum absolute atomic E-state index is 10.4. The summed E-state index contributed by atoms with van der Waals surface area (Å²) in [4.78, 5) is 38.7. The van der Waals surface area contributed by atoms with E-state index in [0.29, 0.717) is 13.2 Å². The zero-order valence-corrected chi connectivity index (χ0v) is 12.3. The Labute approximate surface area is 117 Å². The van der Waals surface area contributed by atoms with E-state index in [2.05, 4.69) is 0 Å². The SMILES string of the molecule is CC(=O)O.CC(=O)O.CC(=O)OCC(C)COC(C)=O. The first-order valence-electron chi connectivity index (χ1n) is 5.64. The van der Waals surface area contributed by atoms with Crippen LogP contribution in [0.2, 0.25) is 0 Å². The number of aliphatic carboxylic acids is 2. The van der Waals surface area contributed by atoms with Crippen LogP contribution in [0.25, 0.3) is 0 Å². The third-order valence-electron chi connectivity index (χ3n) is 1.14. The third kappa shape index (κ3) is 56.6. The number of carbonyl (C=O) groups is 4. The van der Waals surface area contributed by atoms with Crippen molar-refractivity contribution in [2.24, 2.45) is 5.92 Å². The van der Waals surface area contributed by atoms with Gasteiger partial charge >= 0.3 is 11.9 Å². The molecule has 0 saturated carbocycles. The van der Waals surface area contributed by atoms with E-state index in [9.17, 15) is 9.59 Å². The van der Waals surface area contributed by atoms with Crippen molar-refractivity contribution in [1.82, 2.24) is 0 Å². The monoisotopic (exact) mass is 294 g/mol. The highest BCUT2D eigenvalue weighted by Gasteiger charge is 2.05. The molecule has 0 unspecified atom stereocenters. The van der Waals surface area contributed by atoms with Gasteiger partial charge in [-0.3, -0.25) is 19.2 Å². The highest BCUT2D eigenvalue weighted by Crippen LogP contribution is 1.97. The average Bonchev–Trinajstić information content (AvgIpc) is 2.21. The normalized spacial score (nSPS) is 8.30. The second-order valence-electron chi connectivity index (χ2n) is 3.75. The van der Waals surface area contributed by atoms with Crippen molar-refractivity contribution in [3.63, 3.8) is 0 Å². The minimum Gasteiger partial charge on any atom is -0.481 e. The van der Waals surface area contributed by atoms with Crippen molar-refractivity contribution in [3.05, 3.63) is 0 Å². The van der Waals surface area contributed by atoms with Gasteiger partial charge in [-0.15, -0.1) is 0 Å². The van der Waals surface area contributed by atoms with Crippen molar-refractivity contribution in [2.75, 3.05) is 13.2 Å². The first-order chi connectivity index (χ1) is 8.98. The number of rotatable bonds is 4. The van der Waals surface area contributed by atoms with Crippen LogP contribution in [0.15, 0.2) is 0 Å². The lowest BCUT2D eigenvalue weighted by molar-refractivity contribution is -0.146. The highest BCUT2D eigenvalue weighted by atomic mass is 16.5. The van der Waals surface area contributed by atoms with Crippen LogP contribution in [-0.4, -0.2) is 47.3 Å². The van der Waals surface area contributed by atoms with Crippen LogP contribution in [0.3, 0.4) is 0 Å². The van der Waals surface area contributed by atoms with E-state index < -0.39 is 11.9 Å². The molecule has 0 fully saturated rings. The largest absolute Gasteiger partial charge is 0.481 e. The van der Waals surface area contributed by atoms with E-state index in [0.717, 1.165) is 13.8 Å². The molecule has 0 aromatic heterocycles. The van der Waals surface area contributed by atoms with Crippen molar-refractivity contribution in [3.8, 4) is 0 Å². The summed E-state index contributed by atoms with van der Waals surface area (Å²) in [7, 11) is 0. The van der Waals surface area contributed by atoms with Crippen LogP contribution in [0.1, 0.15) is 34.6 Å². The Balaban J connectivity index is -0.000000297. The van der Waals surface area contributed by atoms with Crippen molar-refractivity contribution < 1.29 is 38.9 Å². The van der Waals surface area contributed by atoms with Gasteiger partial charge in [0.2, 0.25) is 0 Å². The van der Waals surface area contributed by atoms with Gasteiger partial charge in [-0.05, 0) is 0 Å². The number of hydrogen-bond donors (Lipinski definition) is 2. The van der Waals surface area contributed by atoms with Crippen LogP contribution in [0.4, 0.5) is 0 Å². The number of carboxylic acid groups (broad SMARTS) is 2. The van der Waals surface area contributed by atoms with Crippen LogP contribution in [0.5, 0.6) is 0 Å². The van der Waals surface area contributed by atoms with Crippen LogP contribution < -0.4 is 0 Å². The van der Waals surface area contributed by atoms with Crippen molar-refractivity contribution in [2.45, 2.75) is 34.6 Å². The number of ether oxygens (including phenoxy) is 2. The van der Waals surface area contributed by atoms with E-state index in [1.54, 1.807) is 0 Å². The topological polar surface area (TPSA) is 127 Å². The second-order valence-corrected chi connectivity index (χ2v) is 3.75. The van der Waals surface area contributed by atoms with E-state index in [1.165, 1.54) is 13.8 Å². The van der Waals surface area contributed by atoms with E-state index >= 15 is 0 Å². The average molecular weight is 294 g/mol. The predicted octanol–water partition coefficient (Wildman–Crippen LogP) is 0.930. The summed E-state index contributed by atoms with van der Waals surface area (Å²) in [6.07, 6.45) is 0. The fraction of sp³-hybridized carbons (Fsp3) is 0.667. The molecule has 0 saturated heterocycles. The summed E-state index contributed by atoms with van der Waals surface area (Å²) in [5.74, 6) is -2.24. The number of carbonyl (C=O) groups excluding carboxylic acids is 2. The maximum atomic E-state index is 10.4. The predicted molar refractivity (Wildman–Crippen MR) is 69.0 cm³/mol. The Morgan fingerprint density at radius 2 is 1.00 bits per heavy atom. The van der Waals surface area contributed by atoms with Gasteiger partial charge in [-0.25, -0.2) is 0 Å². The molecule has 0 aliphatic heterocycles. The lowest BCUT2D eigenvalue weighted by Crippen LogP contribution is -2.16. The lowest BCUT2D eigenvalue weighted by Gasteiger charge is -2.10. The molecule has 0 aliphatic rings. The van der Waals surface area contributed by atoms with E-state index in [1.807, 2.05) is 6.92 Å². The van der Waals surface area contributed by atoms with Crippen LogP contribution >= 0.6 is 0 Å². The van der Waals surface area contributed by atoms with Crippen molar-refractivity contribution >= 4 is 23.9 Å². The summed E-state index contributed by atoms with van der Waals surface area (Å²) in [6, 6.07) is 0. The minimum atomic E-state index is -0.833. The summed E-state index contributed by atoms with van der Waals surface area (Å²) in [5, 5.41) is 14.8. The molecule has 0 aromatic carbocycles. The van der Waals surface area contributed by atoms with E-state index in [4.69, 9.17) is 29.3 Å². The molecule has 0 heterocycles. The number of esters is 2. The molecule has 118 valence electrons. The fourth-order valence-electron chi connectivity index (χ4n) is 0.567. The van der Waals surface area contributed by atoms with Gasteiger partial charge in [0.15, 0.2) is 0 Å². The Morgan fingerprint density at radius 1 is 0.800 bits per heavy atom. The molecule has 8 nitrogen and oxygen atoms in total. The first kappa shape index (κ1) is 23.0. The first-order valence-corrected chi connectivity index (χ1v) is 5.64. The fourth-order valence-corrected chi connectivity index (χ4v) is 0.567. The Kier molecular flexibility index (Phi) is 17.2. The molecular formula is C12H22O8. The van der Waals surface area contributed by atoms with Gasteiger partial charge in [0.25, 0.3) is 11.9 Å².